The second kappa shape index (κ2) is 8.22. The molecule has 4 rings (SSSR count). The maximum Gasteiger partial charge on any atom is 0.274 e. The monoisotopic (exact) mass is 395 g/mol. The quantitative estimate of drug-likeness (QED) is 0.672. The molecule has 1 amide bonds. The van der Waals surface area contributed by atoms with Gasteiger partial charge in [0.2, 0.25) is 5.95 Å². The fraction of sp³-hybridized carbons (Fsp3) is 0.190. The second-order valence-corrected chi connectivity index (χ2v) is 6.71. The van der Waals surface area contributed by atoms with Crippen LogP contribution in [-0.2, 0) is 0 Å². The van der Waals surface area contributed by atoms with Crippen LogP contribution in [0, 0.1) is 11.6 Å². The third kappa shape index (κ3) is 4.48. The molecule has 1 fully saturated rings. The summed E-state index contributed by atoms with van der Waals surface area (Å²) < 4.78 is 26.7. The molecule has 1 saturated heterocycles. The lowest BCUT2D eigenvalue weighted by molar-refractivity contribution is 0.102. The van der Waals surface area contributed by atoms with E-state index in [1.54, 1.807) is 0 Å². The van der Waals surface area contributed by atoms with Crippen molar-refractivity contribution in [3.05, 3.63) is 72.1 Å². The topological polar surface area (TPSA) is 70.2 Å². The molecule has 1 aromatic heterocycles. The van der Waals surface area contributed by atoms with Crippen molar-refractivity contribution in [2.45, 2.75) is 12.8 Å². The molecule has 0 unspecified atom stereocenters. The van der Waals surface area contributed by atoms with E-state index in [-0.39, 0.29) is 17.3 Å². The van der Waals surface area contributed by atoms with Crippen molar-refractivity contribution in [2.75, 3.05) is 28.6 Å². The predicted molar refractivity (Wildman–Crippen MR) is 108 cm³/mol. The number of aromatic nitrogens is 2. The third-order valence-corrected chi connectivity index (χ3v) is 4.66. The van der Waals surface area contributed by atoms with Gasteiger partial charge in [0.25, 0.3) is 5.91 Å². The highest BCUT2D eigenvalue weighted by Crippen LogP contribution is 2.23. The van der Waals surface area contributed by atoms with Crippen molar-refractivity contribution < 1.29 is 13.6 Å². The summed E-state index contributed by atoms with van der Waals surface area (Å²) in [7, 11) is 0. The zero-order valence-corrected chi connectivity index (χ0v) is 15.5. The highest BCUT2D eigenvalue weighted by atomic mass is 19.1. The Balaban J connectivity index is 1.44. The number of rotatable bonds is 5. The van der Waals surface area contributed by atoms with Crippen LogP contribution in [0.15, 0.2) is 54.7 Å². The summed E-state index contributed by atoms with van der Waals surface area (Å²) in [5.41, 5.74) is 1.89. The van der Waals surface area contributed by atoms with Crippen molar-refractivity contribution in [1.82, 2.24) is 9.97 Å². The summed E-state index contributed by atoms with van der Waals surface area (Å²) in [6, 6.07) is 12.3. The van der Waals surface area contributed by atoms with Gasteiger partial charge in [0.05, 0.1) is 5.69 Å². The van der Waals surface area contributed by atoms with Gasteiger partial charge in [0.1, 0.15) is 17.3 Å². The molecule has 0 aliphatic carbocycles. The lowest BCUT2D eigenvalue weighted by atomic mass is 10.2. The summed E-state index contributed by atoms with van der Waals surface area (Å²) in [4.78, 5) is 23.0. The van der Waals surface area contributed by atoms with E-state index < -0.39 is 17.5 Å². The van der Waals surface area contributed by atoms with E-state index in [9.17, 15) is 13.6 Å². The molecule has 6 nitrogen and oxygen atoms in total. The Morgan fingerprint density at radius 2 is 1.76 bits per heavy atom. The van der Waals surface area contributed by atoms with Gasteiger partial charge in [-0.25, -0.2) is 18.7 Å². The molecule has 0 radical (unpaired) electrons. The SMILES string of the molecule is O=C(Nc1ccc(F)cc1F)c1ccnc(Nc2ccc(N3CCCC3)cc2)n1. The predicted octanol–water partition coefficient (Wildman–Crippen LogP) is 4.35. The minimum absolute atomic E-state index is 0.0555. The molecule has 8 heteroatoms. The molecule has 1 aliphatic rings. The number of benzene rings is 2. The minimum Gasteiger partial charge on any atom is -0.372 e. The maximum atomic E-state index is 13.7. The standard InChI is InChI=1S/C21H19F2N5O/c22-14-3-8-18(17(23)13-14)26-20(29)19-9-10-24-21(27-19)25-15-4-6-16(7-5-15)28-11-1-2-12-28/h3-10,13H,1-2,11-12H2,(H,26,29)(H,24,25,27). The number of hydrogen-bond donors (Lipinski definition) is 2. The molecular formula is C21H19F2N5O. The normalized spacial score (nSPS) is 13.4. The fourth-order valence-electron chi connectivity index (χ4n) is 3.18. The Kier molecular flexibility index (Phi) is 5.33. The Labute approximate surface area is 166 Å². The zero-order chi connectivity index (χ0) is 20.2. The summed E-state index contributed by atoms with van der Waals surface area (Å²) in [5.74, 6) is -1.95. The molecule has 148 valence electrons. The first-order valence-electron chi connectivity index (χ1n) is 9.30. The van der Waals surface area contributed by atoms with Crippen LogP contribution in [0.4, 0.5) is 31.8 Å². The van der Waals surface area contributed by atoms with Crippen LogP contribution in [0.25, 0.3) is 0 Å². The van der Waals surface area contributed by atoms with Gasteiger partial charge in [0, 0.05) is 36.7 Å². The van der Waals surface area contributed by atoms with E-state index >= 15 is 0 Å². The largest absolute Gasteiger partial charge is 0.372 e. The molecule has 3 aromatic rings. The molecule has 0 bridgehead atoms. The number of amides is 1. The van der Waals surface area contributed by atoms with Crippen molar-refractivity contribution in [3.8, 4) is 0 Å². The number of halogens is 2. The van der Waals surface area contributed by atoms with Gasteiger partial charge in [-0.05, 0) is 55.3 Å². The van der Waals surface area contributed by atoms with Gasteiger partial charge in [-0.15, -0.1) is 0 Å². The Bertz CT molecular complexity index is 1020. The van der Waals surface area contributed by atoms with E-state index in [1.807, 2.05) is 24.3 Å². The molecule has 1 aliphatic heterocycles. The lowest BCUT2D eigenvalue weighted by Gasteiger charge is -2.17. The molecule has 29 heavy (non-hydrogen) atoms. The van der Waals surface area contributed by atoms with Gasteiger partial charge in [-0.1, -0.05) is 0 Å². The maximum absolute atomic E-state index is 13.7. The average Bonchev–Trinajstić information content (AvgIpc) is 3.26. The number of carbonyl (C=O) groups is 1. The van der Waals surface area contributed by atoms with Crippen molar-refractivity contribution in [2.24, 2.45) is 0 Å². The number of hydrogen-bond acceptors (Lipinski definition) is 5. The lowest BCUT2D eigenvalue weighted by Crippen LogP contribution is -2.17. The summed E-state index contributed by atoms with van der Waals surface area (Å²) in [6.45, 7) is 2.14. The Morgan fingerprint density at radius 3 is 2.48 bits per heavy atom. The number of carbonyl (C=O) groups excluding carboxylic acids is 1. The van der Waals surface area contributed by atoms with Gasteiger partial charge >= 0.3 is 0 Å². The first kappa shape index (κ1) is 18.8. The Morgan fingerprint density at radius 1 is 1.00 bits per heavy atom. The van der Waals surface area contributed by atoms with Gasteiger partial charge in [0.15, 0.2) is 0 Å². The van der Waals surface area contributed by atoms with E-state index in [2.05, 4.69) is 25.5 Å². The first-order valence-corrected chi connectivity index (χ1v) is 9.30. The first-order chi connectivity index (χ1) is 14.1. The molecule has 2 N–H and O–H groups in total. The highest BCUT2D eigenvalue weighted by Gasteiger charge is 2.14. The van der Waals surface area contributed by atoms with Crippen LogP contribution in [0.5, 0.6) is 0 Å². The highest BCUT2D eigenvalue weighted by molar-refractivity contribution is 6.03. The number of nitrogens with zero attached hydrogens (tertiary/aromatic N) is 3. The average molecular weight is 395 g/mol. The smallest absolute Gasteiger partial charge is 0.274 e. The van der Waals surface area contributed by atoms with Crippen LogP contribution < -0.4 is 15.5 Å². The number of anilines is 4. The molecule has 0 saturated carbocycles. The summed E-state index contributed by atoms with van der Waals surface area (Å²) >= 11 is 0. The van der Waals surface area contributed by atoms with E-state index in [4.69, 9.17) is 0 Å². The van der Waals surface area contributed by atoms with Gasteiger partial charge < -0.3 is 15.5 Å². The molecule has 2 aromatic carbocycles. The van der Waals surface area contributed by atoms with Crippen molar-refractivity contribution in [3.63, 3.8) is 0 Å². The van der Waals surface area contributed by atoms with Crippen molar-refractivity contribution >= 4 is 28.9 Å². The third-order valence-electron chi connectivity index (χ3n) is 4.66. The summed E-state index contributed by atoms with van der Waals surface area (Å²) in [6.07, 6.45) is 3.86. The van der Waals surface area contributed by atoms with E-state index in [0.717, 1.165) is 30.9 Å². The fourth-order valence-corrected chi connectivity index (χ4v) is 3.18. The van der Waals surface area contributed by atoms with Gasteiger partial charge in [-0.3, -0.25) is 4.79 Å². The van der Waals surface area contributed by atoms with Crippen LogP contribution in [0.1, 0.15) is 23.3 Å². The molecular weight excluding hydrogens is 376 g/mol. The van der Waals surface area contributed by atoms with Crippen LogP contribution in [0.2, 0.25) is 0 Å². The van der Waals surface area contributed by atoms with Crippen LogP contribution in [0.3, 0.4) is 0 Å². The molecule has 0 spiro atoms. The van der Waals surface area contributed by atoms with E-state index in [1.165, 1.54) is 30.8 Å². The van der Waals surface area contributed by atoms with Gasteiger partial charge in [-0.2, -0.15) is 0 Å². The van der Waals surface area contributed by atoms with E-state index in [0.29, 0.717) is 6.07 Å². The Hall–Kier alpha value is -3.55. The van der Waals surface area contributed by atoms with Crippen LogP contribution in [-0.4, -0.2) is 29.0 Å². The number of nitrogens with one attached hydrogen (secondary N) is 2. The van der Waals surface area contributed by atoms with Crippen LogP contribution >= 0.6 is 0 Å². The minimum atomic E-state index is -0.858. The molecule has 2 heterocycles. The zero-order valence-electron chi connectivity index (χ0n) is 15.5. The molecule has 0 atom stereocenters. The summed E-state index contributed by atoms with van der Waals surface area (Å²) in [5, 5.41) is 5.43. The van der Waals surface area contributed by atoms with Crippen molar-refractivity contribution in [1.29, 1.82) is 0 Å². The second-order valence-electron chi connectivity index (χ2n) is 6.71.